The Kier molecular flexibility index (Phi) is 9.96. The molecule has 2 heterocycles. The Hall–Kier alpha value is -3.12. The highest BCUT2D eigenvalue weighted by atomic mass is 127. The lowest BCUT2D eigenvalue weighted by molar-refractivity contribution is -0.139. The molecule has 1 aromatic heterocycles. The van der Waals surface area contributed by atoms with E-state index in [0.29, 0.717) is 50.0 Å². The lowest BCUT2D eigenvalue weighted by atomic mass is 9.95. The number of hydrogen-bond donors (Lipinski definition) is 0. The number of hydrogen-bond acceptors (Lipinski definition) is 8. The zero-order valence-electron chi connectivity index (χ0n) is 24.3. The predicted octanol–water partition coefficient (Wildman–Crippen LogP) is 5.38. The summed E-state index contributed by atoms with van der Waals surface area (Å²) < 4.78 is 26.4. The van der Waals surface area contributed by atoms with Gasteiger partial charge in [-0.05, 0) is 101 Å². The second kappa shape index (κ2) is 13.2. The third-order valence-corrected chi connectivity index (χ3v) is 7.86. The van der Waals surface area contributed by atoms with Crippen molar-refractivity contribution in [2.45, 2.75) is 66.7 Å². The molecule has 0 saturated heterocycles. The smallest absolute Gasteiger partial charge is 0.338 e. The highest BCUT2D eigenvalue weighted by Crippen LogP contribution is 2.37. The summed E-state index contributed by atoms with van der Waals surface area (Å²) in [6.45, 7) is 13.9. The van der Waals surface area contributed by atoms with E-state index in [0.717, 1.165) is 9.13 Å². The molecule has 0 amide bonds. The normalized spacial score (nSPS) is 15.2. The Labute approximate surface area is 257 Å². The maximum absolute atomic E-state index is 14.1. The summed E-state index contributed by atoms with van der Waals surface area (Å²) in [5, 5.41) is 0. The van der Waals surface area contributed by atoms with Crippen LogP contribution in [0, 0.1) is 3.57 Å². The van der Waals surface area contributed by atoms with Gasteiger partial charge in [-0.3, -0.25) is 9.36 Å². The summed E-state index contributed by atoms with van der Waals surface area (Å²) in [6.07, 6.45) is 1.70. The number of aromatic nitrogens is 1. The molecule has 2 aromatic carbocycles. The zero-order chi connectivity index (χ0) is 29.8. The fourth-order valence-corrected chi connectivity index (χ4v) is 6.39. The van der Waals surface area contributed by atoms with Gasteiger partial charge >= 0.3 is 5.97 Å². The third kappa shape index (κ3) is 6.69. The number of thiazole rings is 1. The Morgan fingerprint density at radius 1 is 1.07 bits per heavy atom. The van der Waals surface area contributed by atoms with Crippen LogP contribution in [0.2, 0.25) is 0 Å². The van der Waals surface area contributed by atoms with Gasteiger partial charge in [0.15, 0.2) is 16.3 Å². The monoisotopic (exact) mass is 690 g/mol. The number of para-hydroxylation sites is 1. The SMILES string of the molecule is CCOC(=O)C1=C(C)N=c2s/c(=C\c3cc(I)c(OC(C)C)c(OCC)c3)c(=O)n2[C@@H]1c1ccccc1OC(C)C. The number of esters is 1. The molecule has 0 saturated carbocycles. The minimum absolute atomic E-state index is 0.0170. The molecule has 0 N–H and O–H groups in total. The Morgan fingerprint density at radius 2 is 1.78 bits per heavy atom. The van der Waals surface area contributed by atoms with E-state index in [1.807, 2.05) is 77.1 Å². The molecular weight excluding hydrogens is 655 g/mol. The van der Waals surface area contributed by atoms with E-state index in [2.05, 4.69) is 27.6 Å². The van der Waals surface area contributed by atoms with Crippen molar-refractivity contribution in [2.75, 3.05) is 13.2 Å². The molecule has 0 unspecified atom stereocenters. The van der Waals surface area contributed by atoms with E-state index in [1.54, 1.807) is 18.4 Å². The molecule has 0 spiro atoms. The number of ether oxygens (including phenoxy) is 4. The minimum atomic E-state index is -0.761. The first kappa shape index (κ1) is 30.8. The van der Waals surface area contributed by atoms with E-state index in [4.69, 9.17) is 18.9 Å². The molecule has 1 aliphatic heterocycles. The number of carbonyl (C=O) groups is 1. The van der Waals surface area contributed by atoms with Crippen LogP contribution in [0.4, 0.5) is 0 Å². The van der Waals surface area contributed by atoms with Crippen molar-refractivity contribution in [3.05, 3.63) is 82.1 Å². The van der Waals surface area contributed by atoms with Gasteiger partial charge in [0.2, 0.25) is 0 Å². The quantitative estimate of drug-likeness (QED) is 0.210. The van der Waals surface area contributed by atoms with Crippen LogP contribution in [0.15, 0.2) is 57.5 Å². The molecule has 0 bridgehead atoms. The van der Waals surface area contributed by atoms with Crippen LogP contribution in [-0.2, 0) is 9.53 Å². The van der Waals surface area contributed by atoms with Crippen molar-refractivity contribution in [1.82, 2.24) is 4.57 Å². The van der Waals surface area contributed by atoms with Gasteiger partial charge in [0.05, 0.1) is 44.8 Å². The Balaban J connectivity index is 1.94. The first-order chi connectivity index (χ1) is 19.5. The number of allylic oxidation sites excluding steroid dienone is 1. The van der Waals surface area contributed by atoms with Crippen LogP contribution >= 0.6 is 33.9 Å². The van der Waals surface area contributed by atoms with Crippen molar-refractivity contribution in [2.24, 2.45) is 4.99 Å². The molecule has 0 aliphatic carbocycles. The fourth-order valence-electron chi connectivity index (χ4n) is 4.59. The van der Waals surface area contributed by atoms with Crippen LogP contribution in [0.5, 0.6) is 17.2 Å². The average molecular weight is 691 g/mol. The van der Waals surface area contributed by atoms with Gasteiger partial charge in [0.1, 0.15) is 11.8 Å². The molecule has 0 fully saturated rings. The molecule has 10 heteroatoms. The van der Waals surface area contributed by atoms with Gasteiger partial charge in [0.25, 0.3) is 5.56 Å². The van der Waals surface area contributed by atoms with Gasteiger partial charge in [-0.15, -0.1) is 0 Å². The van der Waals surface area contributed by atoms with Gasteiger partial charge in [-0.2, -0.15) is 0 Å². The second-order valence-electron chi connectivity index (χ2n) is 9.94. The van der Waals surface area contributed by atoms with Crippen LogP contribution in [0.1, 0.15) is 65.6 Å². The third-order valence-electron chi connectivity index (χ3n) is 6.08. The molecule has 8 nitrogen and oxygen atoms in total. The number of fused-ring (bicyclic) bond motifs is 1. The summed E-state index contributed by atoms with van der Waals surface area (Å²) >= 11 is 3.49. The molecule has 0 radical (unpaired) electrons. The molecule has 41 heavy (non-hydrogen) atoms. The van der Waals surface area contributed by atoms with Crippen LogP contribution in [0.3, 0.4) is 0 Å². The Morgan fingerprint density at radius 3 is 2.44 bits per heavy atom. The largest absolute Gasteiger partial charge is 0.491 e. The van der Waals surface area contributed by atoms with Gasteiger partial charge in [-0.1, -0.05) is 29.5 Å². The standard InChI is InChI=1S/C31H35IN2O6S/c1-8-37-24-15-20(14-22(32)28(24)40-18(5)6)16-25-29(35)34-27(21-12-10-11-13-23(21)39-17(3)4)26(30(36)38-9-2)19(7)33-31(34)41-25/h10-18,27H,8-9H2,1-7H3/b25-16-/t27-/m1/s1. The summed E-state index contributed by atoms with van der Waals surface area (Å²) in [4.78, 5) is 32.5. The maximum atomic E-state index is 14.1. The molecular formula is C31H35IN2O6S. The number of nitrogens with zero attached hydrogens (tertiary/aromatic N) is 2. The zero-order valence-corrected chi connectivity index (χ0v) is 27.3. The second-order valence-corrected chi connectivity index (χ2v) is 12.1. The predicted molar refractivity (Wildman–Crippen MR) is 169 cm³/mol. The molecule has 1 atom stereocenters. The van der Waals surface area contributed by atoms with Crippen molar-refractivity contribution < 1.29 is 23.7 Å². The number of rotatable bonds is 10. The molecule has 4 rings (SSSR count). The summed E-state index contributed by atoms with van der Waals surface area (Å²) in [7, 11) is 0. The van der Waals surface area contributed by atoms with Crippen molar-refractivity contribution in [1.29, 1.82) is 0 Å². The lowest BCUT2D eigenvalue weighted by Crippen LogP contribution is -2.40. The number of benzene rings is 2. The summed E-state index contributed by atoms with van der Waals surface area (Å²) in [5.41, 5.74) is 2.04. The highest BCUT2D eigenvalue weighted by Gasteiger charge is 2.35. The molecule has 3 aromatic rings. The van der Waals surface area contributed by atoms with E-state index in [-0.39, 0.29) is 24.4 Å². The van der Waals surface area contributed by atoms with Crippen molar-refractivity contribution in [3.8, 4) is 17.2 Å². The van der Waals surface area contributed by atoms with E-state index in [9.17, 15) is 9.59 Å². The minimum Gasteiger partial charge on any atom is -0.491 e. The molecule has 1 aliphatic rings. The lowest BCUT2D eigenvalue weighted by Gasteiger charge is -2.26. The van der Waals surface area contributed by atoms with Gasteiger partial charge in [-0.25, -0.2) is 9.79 Å². The van der Waals surface area contributed by atoms with Gasteiger partial charge in [0, 0.05) is 5.56 Å². The average Bonchev–Trinajstić information content (AvgIpc) is 3.19. The summed E-state index contributed by atoms with van der Waals surface area (Å²) in [5.74, 6) is 1.38. The molecule has 218 valence electrons. The van der Waals surface area contributed by atoms with Crippen molar-refractivity contribution in [3.63, 3.8) is 0 Å². The van der Waals surface area contributed by atoms with Crippen LogP contribution in [-0.4, -0.2) is 36.0 Å². The maximum Gasteiger partial charge on any atom is 0.338 e. The van der Waals surface area contributed by atoms with E-state index >= 15 is 0 Å². The van der Waals surface area contributed by atoms with E-state index in [1.165, 1.54) is 11.3 Å². The topological polar surface area (TPSA) is 88.4 Å². The first-order valence-corrected chi connectivity index (χ1v) is 15.5. The fraction of sp³-hybridized carbons (Fsp3) is 0.387. The number of carbonyl (C=O) groups excluding carboxylic acids is 1. The van der Waals surface area contributed by atoms with Crippen LogP contribution < -0.4 is 29.1 Å². The first-order valence-electron chi connectivity index (χ1n) is 13.6. The van der Waals surface area contributed by atoms with Crippen LogP contribution in [0.25, 0.3) is 6.08 Å². The van der Waals surface area contributed by atoms with E-state index < -0.39 is 12.0 Å². The van der Waals surface area contributed by atoms with Gasteiger partial charge < -0.3 is 18.9 Å². The van der Waals surface area contributed by atoms with Crippen molar-refractivity contribution >= 4 is 46.0 Å². The Bertz CT molecular complexity index is 1650. The number of halogens is 1. The highest BCUT2D eigenvalue weighted by molar-refractivity contribution is 14.1. The summed E-state index contributed by atoms with van der Waals surface area (Å²) in [6, 6.07) is 10.5.